The fourth-order valence-electron chi connectivity index (χ4n) is 4.28. The Labute approximate surface area is 202 Å². The molecule has 0 radical (unpaired) electrons. The number of rotatable bonds is 9. The van der Waals surface area contributed by atoms with Gasteiger partial charge in [0.1, 0.15) is 12.6 Å². The Hall–Kier alpha value is -4.14. The number of carboxylic acid groups (broad SMARTS) is 1. The number of fused-ring (bicyclic) bond motifs is 3. The fraction of sp³-hybridized carbons (Fsp3) is 0.308. The van der Waals surface area contributed by atoms with E-state index in [9.17, 15) is 19.5 Å². The molecule has 3 aromatic rings. The van der Waals surface area contributed by atoms with Crippen molar-refractivity contribution in [2.24, 2.45) is 5.92 Å². The lowest BCUT2D eigenvalue weighted by Gasteiger charge is -2.19. The van der Waals surface area contributed by atoms with E-state index in [1.807, 2.05) is 43.3 Å². The molecule has 4 rings (SSSR count). The third kappa shape index (κ3) is 5.03. The van der Waals surface area contributed by atoms with Crippen LogP contribution in [0.25, 0.3) is 11.1 Å². The van der Waals surface area contributed by atoms with Gasteiger partial charge in [-0.15, -0.1) is 0 Å². The molecule has 0 saturated carbocycles. The first-order chi connectivity index (χ1) is 16.9. The predicted molar refractivity (Wildman–Crippen MR) is 127 cm³/mol. The van der Waals surface area contributed by atoms with Crippen LogP contribution in [0.2, 0.25) is 0 Å². The summed E-state index contributed by atoms with van der Waals surface area (Å²) in [4.78, 5) is 40.4. The Morgan fingerprint density at radius 3 is 2.31 bits per heavy atom. The summed E-state index contributed by atoms with van der Waals surface area (Å²) in [6.45, 7) is 3.59. The van der Waals surface area contributed by atoms with Gasteiger partial charge in [0.05, 0.1) is 6.54 Å². The van der Waals surface area contributed by atoms with Crippen LogP contribution in [0.3, 0.4) is 0 Å². The van der Waals surface area contributed by atoms with Gasteiger partial charge in [0.2, 0.25) is 0 Å². The summed E-state index contributed by atoms with van der Waals surface area (Å²) in [6.07, 6.45) is 0.979. The normalized spacial score (nSPS) is 13.9. The molecule has 0 fully saturated rings. The van der Waals surface area contributed by atoms with Gasteiger partial charge in [0, 0.05) is 5.92 Å². The van der Waals surface area contributed by atoms with Crippen molar-refractivity contribution in [3.63, 3.8) is 0 Å². The van der Waals surface area contributed by atoms with E-state index in [0.717, 1.165) is 28.6 Å². The summed E-state index contributed by atoms with van der Waals surface area (Å²) in [5.74, 6) is -2.06. The molecule has 0 spiro atoms. The highest BCUT2D eigenvalue weighted by Gasteiger charge is 2.30. The van der Waals surface area contributed by atoms with Crippen molar-refractivity contribution in [1.82, 2.24) is 15.6 Å². The van der Waals surface area contributed by atoms with Gasteiger partial charge < -0.3 is 24.9 Å². The molecule has 1 heterocycles. The molecule has 1 aliphatic carbocycles. The molecule has 3 N–H and O–H groups in total. The van der Waals surface area contributed by atoms with Gasteiger partial charge in [0.25, 0.3) is 5.91 Å². The molecule has 9 nitrogen and oxygen atoms in total. The van der Waals surface area contributed by atoms with Gasteiger partial charge in [-0.05, 0) is 28.2 Å². The number of hydrogen-bond donors (Lipinski definition) is 3. The van der Waals surface area contributed by atoms with Crippen LogP contribution in [0.15, 0.2) is 59.3 Å². The molecule has 2 aromatic carbocycles. The largest absolute Gasteiger partial charge is 0.480 e. The maximum atomic E-state index is 12.6. The fourth-order valence-corrected chi connectivity index (χ4v) is 4.28. The van der Waals surface area contributed by atoms with E-state index in [1.54, 1.807) is 6.92 Å². The lowest BCUT2D eigenvalue weighted by molar-refractivity contribution is -0.140. The van der Waals surface area contributed by atoms with Crippen LogP contribution >= 0.6 is 0 Å². The van der Waals surface area contributed by atoms with E-state index in [0.29, 0.717) is 6.42 Å². The van der Waals surface area contributed by atoms with E-state index in [2.05, 4.69) is 27.8 Å². The summed E-state index contributed by atoms with van der Waals surface area (Å²) >= 11 is 0. The minimum atomic E-state index is -1.13. The van der Waals surface area contributed by atoms with Crippen molar-refractivity contribution in [3.8, 4) is 11.1 Å². The van der Waals surface area contributed by atoms with Crippen molar-refractivity contribution in [2.45, 2.75) is 38.8 Å². The highest BCUT2D eigenvalue weighted by Crippen LogP contribution is 2.44. The third-order valence-corrected chi connectivity index (χ3v) is 6.36. The second kappa shape index (κ2) is 10.4. The molecular formula is C26H27N3O6. The van der Waals surface area contributed by atoms with Crippen LogP contribution in [-0.2, 0) is 16.1 Å². The van der Waals surface area contributed by atoms with E-state index in [4.69, 9.17) is 9.15 Å². The number of aliphatic carboxylic acids is 1. The molecule has 9 heteroatoms. The molecule has 1 aliphatic rings. The van der Waals surface area contributed by atoms with E-state index in [1.165, 1.54) is 0 Å². The van der Waals surface area contributed by atoms with Gasteiger partial charge in [-0.3, -0.25) is 4.79 Å². The Kier molecular flexibility index (Phi) is 7.14. The summed E-state index contributed by atoms with van der Waals surface area (Å²) in [7, 11) is 0. The zero-order chi connectivity index (χ0) is 24.9. The first-order valence-corrected chi connectivity index (χ1v) is 11.5. The summed E-state index contributed by atoms with van der Waals surface area (Å²) in [5, 5.41) is 14.5. The molecular weight excluding hydrogens is 450 g/mol. The van der Waals surface area contributed by atoms with Gasteiger partial charge in [-0.2, -0.15) is 0 Å². The number of aromatic nitrogens is 1. The molecule has 2 atom stereocenters. The van der Waals surface area contributed by atoms with Crippen LogP contribution in [0.4, 0.5) is 4.79 Å². The first-order valence-electron chi connectivity index (χ1n) is 11.5. The van der Waals surface area contributed by atoms with Gasteiger partial charge in [-0.25, -0.2) is 14.6 Å². The van der Waals surface area contributed by atoms with Crippen LogP contribution in [0.1, 0.15) is 53.6 Å². The lowest BCUT2D eigenvalue weighted by Crippen LogP contribution is -2.45. The second-order valence-corrected chi connectivity index (χ2v) is 8.48. The minimum absolute atomic E-state index is 0.0757. The standard InChI is InChI=1S/C26H27N3O6/c1-3-15(2)22(25(31)32)29-24(30)23-21(35-14-28-23)12-27-26(33)34-13-20-18-10-6-4-8-16(18)17-9-5-7-11-19(17)20/h4-11,14-15,20,22H,3,12-13H2,1-2H3,(H,27,33)(H,29,30)(H,31,32). The minimum Gasteiger partial charge on any atom is -0.480 e. The van der Waals surface area contributed by atoms with Crippen LogP contribution < -0.4 is 10.6 Å². The smallest absolute Gasteiger partial charge is 0.407 e. The van der Waals surface area contributed by atoms with Crippen molar-refractivity contribution in [3.05, 3.63) is 77.5 Å². The molecule has 2 amide bonds. The number of carbonyl (C=O) groups excluding carboxylic acids is 2. The average molecular weight is 478 g/mol. The van der Waals surface area contributed by atoms with Crippen molar-refractivity contribution in [2.75, 3.05) is 6.61 Å². The zero-order valence-electron chi connectivity index (χ0n) is 19.5. The van der Waals surface area contributed by atoms with Gasteiger partial charge in [0.15, 0.2) is 17.8 Å². The second-order valence-electron chi connectivity index (χ2n) is 8.48. The van der Waals surface area contributed by atoms with Crippen LogP contribution in [-0.4, -0.2) is 40.7 Å². The predicted octanol–water partition coefficient (Wildman–Crippen LogP) is 3.94. The Balaban J connectivity index is 1.36. The highest BCUT2D eigenvalue weighted by molar-refractivity contribution is 5.95. The van der Waals surface area contributed by atoms with E-state index < -0.39 is 24.0 Å². The zero-order valence-corrected chi connectivity index (χ0v) is 19.5. The molecule has 1 aromatic heterocycles. The topological polar surface area (TPSA) is 131 Å². The number of carboxylic acids is 1. The number of oxazole rings is 1. The first kappa shape index (κ1) is 24.0. The molecule has 2 unspecified atom stereocenters. The number of ether oxygens (including phenoxy) is 1. The Morgan fingerprint density at radius 1 is 1.09 bits per heavy atom. The van der Waals surface area contributed by atoms with Crippen LogP contribution in [0.5, 0.6) is 0 Å². The number of carbonyl (C=O) groups is 3. The number of nitrogens with zero attached hydrogens (tertiary/aromatic N) is 1. The molecule has 0 bridgehead atoms. The highest BCUT2D eigenvalue weighted by atomic mass is 16.5. The number of nitrogens with one attached hydrogen (secondary N) is 2. The molecule has 35 heavy (non-hydrogen) atoms. The quantitative estimate of drug-likeness (QED) is 0.425. The molecule has 0 aliphatic heterocycles. The van der Waals surface area contributed by atoms with Crippen molar-refractivity contribution >= 4 is 18.0 Å². The van der Waals surface area contributed by atoms with E-state index in [-0.39, 0.29) is 36.4 Å². The van der Waals surface area contributed by atoms with E-state index >= 15 is 0 Å². The SMILES string of the molecule is CCC(C)C(NC(=O)c1ncoc1CNC(=O)OCC1c2ccccc2-c2ccccc21)C(=O)O. The number of alkyl carbamates (subject to hydrolysis) is 1. The van der Waals surface area contributed by atoms with Crippen molar-refractivity contribution in [1.29, 1.82) is 0 Å². The Morgan fingerprint density at radius 2 is 1.71 bits per heavy atom. The molecule has 182 valence electrons. The lowest BCUT2D eigenvalue weighted by atomic mass is 9.98. The third-order valence-electron chi connectivity index (χ3n) is 6.36. The molecule has 0 saturated heterocycles. The average Bonchev–Trinajstić information content (AvgIpc) is 3.47. The maximum Gasteiger partial charge on any atom is 0.407 e. The van der Waals surface area contributed by atoms with Gasteiger partial charge in [-0.1, -0.05) is 68.8 Å². The van der Waals surface area contributed by atoms with Crippen LogP contribution in [0, 0.1) is 5.92 Å². The summed E-state index contributed by atoms with van der Waals surface area (Å²) < 4.78 is 10.7. The number of hydrogen-bond acceptors (Lipinski definition) is 6. The monoisotopic (exact) mass is 477 g/mol. The number of benzene rings is 2. The van der Waals surface area contributed by atoms with Gasteiger partial charge >= 0.3 is 12.1 Å². The number of amides is 2. The maximum absolute atomic E-state index is 12.6. The summed E-state index contributed by atoms with van der Waals surface area (Å²) in [5.41, 5.74) is 4.38. The summed E-state index contributed by atoms with van der Waals surface area (Å²) in [6, 6.07) is 15.0. The Bertz CT molecular complexity index is 1190. The van der Waals surface area contributed by atoms with Crippen molar-refractivity contribution < 1.29 is 28.6 Å².